The van der Waals surface area contributed by atoms with E-state index in [1.807, 2.05) is 38.1 Å². The van der Waals surface area contributed by atoms with Crippen LogP contribution in [0.5, 0.6) is 0 Å². The molecule has 1 aliphatic heterocycles. The summed E-state index contributed by atoms with van der Waals surface area (Å²) in [5.41, 5.74) is 1.68. The van der Waals surface area contributed by atoms with Crippen molar-refractivity contribution < 1.29 is 9.18 Å². The Balaban J connectivity index is 1.61. The molecule has 0 radical (unpaired) electrons. The van der Waals surface area contributed by atoms with E-state index in [-0.39, 0.29) is 18.1 Å². The summed E-state index contributed by atoms with van der Waals surface area (Å²) in [4.78, 5) is 20.1. The summed E-state index contributed by atoms with van der Waals surface area (Å²) < 4.78 is 13.4. The molecule has 2 heterocycles. The van der Waals surface area contributed by atoms with Crippen molar-refractivity contribution in [2.75, 3.05) is 24.5 Å². The number of hydrogen-bond donors (Lipinski definition) is 1. The van der Waals surface area contributed by atoms with Gasteiger partial charge in [-0.3, -0.25) is 0 Å². The third-order valence-corrected chi connectivity index (χ3v) is 5.01. The first-order valence-electron chi connectivity index (χ1n) is 8.63. The van der Waals surface area contributed by atoms with E-state index in [2.05, 4.69) is 15.2 Å². The van der Waals surface area contributed by atoms with Gasteiger partial charge in [-0.25, -0.2) is 9.78 Å². The monoisotopic (exact) mass is 376 g/mol. The topological polar surface area (TPSA) is 48.5 Å². The highest BCUT2D eigenvalue weighted by Gasteiger charge is 2.28. The Morgan fingerprint density at radius 3 is 2.81 bits per heavy atom. The van der Waals surface area contributed by atoms with Gasteiger partial charge in [-0.15, -0.1) is 0 Å². The molecule has 0 saturated carbocycles. The fourth-order valence-corrected chi connectivity index (χ4v) is 3.58. The maximum absolute atomic E-state index is 13.4. The molecule has 138 valence electrons. The molecule has 0 unspecified atom stereocenters. The van der Waals surface area contributed by atoms with Crippen LogP contribution in [0.25, 0.3) is 0 Å². The van der Waals surface area contributed by atoms with Gasteiger partial charge in [0.25, 0.3) is 0 Å². The van der Waals surface area contributed by atoms with Gasteiger partial charge in [0, 0.05) is 48.6 Å². The summed E-state index contributed by atoms with van der Waals surface area (Å²) in [5.74, 6) is -0.497. The Morgan fingerprint density at radius 2 is 2.12 bits per heavy atom. The first-order valence-corrected chi connectivity index (χ1v) is 9.01. The maximum Gasteiger partial charge on any atom is 0.318 e. The summed E-state index contributed by atoms with van der Waals surface area (Å²) >= 11 is 6.20. The van der Waals surface area contributed by atoms with E-state index in [0.717, 1.165) is 11.3 Å². The molecule has 0 spiro atoms. The van der Waals surface area contributed by atoms with E-state index >= 15 is 0 Å². The van der Waals surface area contributed by atoms with E-state index in [1.54, 1.807) is 11.0 Å². The molecule has 1 aromatic heterocycles. The van der Waals surface area contributed by atoms with Crippen LogP contribution in [0.1, 0.15) is 25.5 Å². The fourth-order valence-electron chi connectivity index (χ4n) is 3.28. The quantitative estimate of drug-likeness (QED) is 0.827. The lowest BCUT2D eigenvalue weighted by Gasteiger charge is -2.41. The molecule has 2 aromatic rings. The largest absolute Gasteiger partial charge is 0.365 e. The van der Waals surface area contributed by atoms with Gasteiger partial charge < -0.3 is 15.1 Å². The second kappa shape index (κ2) is 7.91. The third-order valence-electron chi connectivity index (χ3n) is 4.67. The highest BCUT2D eigenvalue weighted by atomic mass is 35.5. The lowest BCUT2D eigenvalue weighted by Crippen LogP contribution is -2.56. The number of halogens is 2. The Labute approximate surface area is 157 Å². The maximum atomic E-state index is 13.4. The van der Waals surface area contributed by atoms with Gasteiger partial charge in [-0.2, -0.15) is 4.39 Å². The average Bonchev–Trinajstić information content (AvgIpc) is 2.61. The Bertz CT molecular complexity index is 788. The van der Waals surface area contributed by atoms with Crippen LogP contribution in [-0.4, -0.2) is 41.6 Å². The number of pyridine rings is 1. The summed E-state index contributed by atoms with van der Waals surface area (Å²) in [5, 5.41) is 3.64. The first kappa shape index (κ1) is 18.5. The van der Waals surface area contributed by atoms with Crippen LogP contribution in [0.4, 0.5) is 14.9 Å². The molecular weight excluding hydrogens is 355 g/mol. The van der Waals surface area contributed by atoms with Crippen molar-refractivity contribution in [2.24, 2.45) is 0 Å². The molecule has 1 aromatic carbocycles. The van der Waals surface area contributed by atoms with Crippen molar-refractivity contribution >= 4 is 23.3 Å². The molecule has 1 aliphatic rings. The minimum absolute atomic E-state index is 0.0759. The average molecular weight is 377 g/mol. The fraction of sp³-hybridized carbons (Fsp3) is 0.368. The van der Waals surface area contributed by atoms with Crippen molar-refractivity contribution in [2.45, 2.75) is 25.9 Å². The molecule has 2 amide bonds. The summed E-state index contributed by atoms with van der Waals surface area (Å²) in [7, 11) is 0. The summed E-state index contributed by atoms with van der Waals surface area (Å²) in [6.07, 6.45) is 1.46. The van der Waals surface area contributed by atoms with E-state index in [1.165, 1.54) is 12.3 Å². The zero-order chi connectivity index (χ0) is 18.7. The number of amides is 2. The molecule has 1 fully saturated rings. The molecule has 1 N–H and O–H groups in total. The van der Waals surface area contributed by atoms with Gasteiger partial charge in [-0.05, 0) is 31.5 Å². The molecule has 2 atom stereocenters. The van der Waals surface area contributed by atoms with Gasteiger partial charge in [0.1, 0.15) is 0 Å². The van der Waals surface area contributed by atoms with Gasteiger partial charge in [0.05, 0.1) is 6.04 Å². The van der Waals surface area contributed by atoms with Crippen molar-refractivity contribution in [3.63, 3.8) is 0 Å². The highest BCUT2D eigenvalue weighted by molar-refractivity contribution is 6.31. The number of aromatic nitrogens is 1. The van der Waals surface area contributed by atoms with Crippen molar-refractivity contribution in [3.8, 4) is 0 Å². The molecular formula is C19H22ClFN4O. The van der Waals surface area contributed by atoms with E-state index in [9.17, 15) is 9.18 Å². The molecule has 1 saturated heterocycles. The van der Waals surface area contributed by atoms with Crippen LogP contribution in [0, 0.1) is 5.95 Å². The van der Waals surface area contributed by atoms with Crippen LogP contribution in [-0.2, 0) is 0 Å². The molecule has 26 heavy (non-hydrogen) atoms. The Hall–Kier alpha value is -2.34. The minimum atomic E-state index is -0.497. The van der Waals surface area contributed by atoms with E-state index < -0.39 is 5.95 Å². The number of nitrogens with zero attached hydrogens (tertiary/aromatic N) is 3. The number of hydrogen-bond acceptors (Lipinski definition) is 3. The third kappa shape index (κ3) is 4.07. The SMILES string of the molecule is C[C@@H]1CN(C(=O)N[C@H](C)c2ccccc2Cl)CCN1c1ccnc(F)c1. The second-order valence-electron chi connectivity index (χ2n) is 6.52. The van der Waals surface area contributed by atoms with Crippen molar-refractivity contribution in [1.29, 1.82) is 0 Å². The van der Waals surface area contributed by atoms with Crippen LogP contribution in [0.3, 0.4) is 0 Å². The number of anilines is 1. The lowest BCUT2D eigenvalue weighted by atomic mass is 10.1. The number of benzene rings is 1. The lowest BCUT2D eigenvalue weighted by molar-refractivity contribution is 0.183. The van der Waals surface area contributed by atoms with Crippen LogP contribution >= 0.6 is 11.6 Å². The number of nitrogens with one attached hydrogen (secondary N) is 1. The number of rotatable bonds is 3. The van der Waals surface area contributed by atoms with Crippen LogP contribution in [0.2, 0.25) is 5.02 Å². The molecule has 0 bridgehead atoms. The molecule has 5 nitrogen and oxygen atoms in total. The standard InChI is InChI=1S/C19H22ClFN4O/c1-13-12-24(9-10-25(13)15-7-8-22-18(21)11-15)19(26)23-14(2)16-5-3-4-6-17(16)20/h3-8,11,13-14H,9-10,12H2,1-2H3,(H,23,26)/t13-,14-/m1/s1. The van der Waals surface area contributed by atoms with Crippen molar-refractivity contribution in [1.82, 2.24) is 15.2 Å². The number of piperazine rings is 1. The van der Waals surface area contributed by atoms with Crippen LogP contribution in [0.15, 0.2) is 42.6 Å². The van der Waals surface area contributed by atoms with E-state index in [0.29, 0.717) is 24.7 Å². The van der Waals surface area contributed by atoms with E-state index in [4.69, 9.17) is 11.6 Å². The molecule has 0 aliphatic carbocycles. The predicted molar refractivity (Wildman–Crippen MR) is 101 cm³/mol. The Morgan fingerprint density at radius 1 is 1.35 bits per heavy atom. The predicted octanol–water partition coefficient (Wildman–Crippen LogP) is 3.86. The number of carbonyl (C=O) groups excluding carboxylic acids is 1. The van der Waals surface area contributed by atoms with Crippen LogP contribution < -0.4 is 10.2 Å². The minimum Gasteiger partial charge on any atom is -0.365 e. The molecule has 7 heteroatoms. The van der Waals surface area contributed by atoms with Gasteiger partial charge in [0.2, 0.25) is 5.95 Å². The zero-order valence-electron chi connectivity index (χ0n) is 14.8. The summed E-state index contributed by atoms with van der Waals surface area (Å²) in [6.45, 7) is 5.70. The van der Waals surface area contributed by atoms with Gasteiger partial charge >= 0.3 is 6.03 Å². The Kier molecular flexibility index (Phi) is 5.61. The number of carbonyl (C=O) groups is 1. The van der Waals surface area contributed by atoms with Gasteiger partial charge in [0.15, 0.2) is 0 Å². The van der Waals surface area contributed by atoms with Crippen molar-refractivity contribution in [3.05, 3.63) is 59.1 Å². The number of urea groups is 1. The normalized spacial score (nSPS) is 18.5. The smallest absolute Gasteiger partial charge is 0.318 e. The zero-order valence-corrected chi connectivity index (χ0v) is 15.6. The second-order valence-corrected chi connectivity index (χ2v) is 6.93. The first-order chi connectivity index (χ1) is 12.5. The molecule has 3 rings (SSSR count). The van der Waals surface area contributed by atoms with Gasteiger partial charge in [-0.1, -0.05) is 29.8 Å². The summed E-state index contributed by atoms with van der Waals surface area (Å²) in [6, 6.07) is 10.5. The highest BCUT2D eigenvalue weighted by Crippen LogP contribution is 2.23.